The summed E-state index contributed by atoms with van der Waals surface area (Å²) in [6.07, 6.45) is 0. The normalized spacial score (nSPS) is 14.0. The molecule has 0 radical (unpaired) electrons. The zero-order chi connectivity index (χ0) is 13.2. The highest BCUT2D eigenvalue weighted by Crippen LogP contribution is 2.36. The van der Waals surface area contributed by atoms with Crippen LogP contribution in [-0.2, 0) is 11.3 Å². The van der Waals surface area contributed by atoms with Crippen molar-refractivity contribution in [3.05, 3.63) is 22.2 Å². The van der Waals surface area contributed by atoms with Gasteiger partial charge in [0.05, 0.1) is 5.60 Å². The van der Waals surface area contributed by atoms with Crippen molar-refractivity contribution in [3.8, 4) is 11.5 Å². The van der Waals surface area contributed by atoms with E-state index in [0.29, 0.717) is 6.79 Å². The highest BCUT2D eigenvalue weighted by atomic mass is 79.9. The van der Waals surface area contributed by atoms with Crippen molar-refractivity contribution in [1.29, 1.82) is 0 Å². The first-order valence-electron chi connectivity index (χ1n) is 5.86. The van der Waals surface area contributed by atoms with Crippen molar-refractivity contribution in [2.45, 2.75) is 26.0 Å². The molecule has 4 nitrogen and oxygen atoms in total. The molecule has 100 valence electrons. The van der Waals surface area contributed by atoms with E-state index in [-0.39, 0.29) is 5.60 Å². The fraction of sp³-hybridized carbons (Fsp3) is 0.538. The van der Waals surface area contributed by atoms with E-state index >= 15 is 0 Å². The molecule has 0 amide bonds. The van der Waals surface area contributed by atoms with Gasteiger partial charge in [0.15, 0.2) is 11.5 Å². The van der Waals surface area contributed by atoms with Crippen LogP contribution in [0.4, 0.5) is 0 Å². The molecule has 1 aliphatic rings. The highest BCUT2D eigenvalue weighted by molar-refractivity contribution is 9.10. The van der Waals surface area contributed by atoms with E-state index in [9.17, 15) is 0 Å². The molecule has 0 aliphatic carbocycles. The summed E-state index contributed by atoms with van der Waals surface area (Å²) >= 11 is 3.54. The molecule has 1 aliphatic heterocycles. The number of halogens is 1. The van der Waals surface area contributed by atoms with E-state index in [2.05, 4.69) is 35.1 Å². The van der Waals surface area contributed by atoms with Crippen LogP contribution in [0.15, 0.2) is 16.6 Å². The predicted octanol–water partition coefficient (Wildman–Crippen LogP) is 2.69. The number of hydrogen-bond acceptors (Lipinski definition) is 4. The van der Waals surface area contributed by atoms with E-state index in [4.69, 9.17) is 14.2 Å². The van der Waals surface area contributed by atoms with Crippen molar-refractivity contribution in [1.82, 2.24) is 5.32 Å². The van der Waals surface area contributed by atoms with Gasteiger partial charge in [-0.15, -0.1) is 0 Å². The Balaban J connectivity index is 1.98. The fourth-order valence-corrected chi connectivity index (χ4v) is 2.13. The summed E-state index contributed by atoms with van der Waals surface area (Å²) in [4.78, 5) is 0. The third-order valence-electron chi connectivity index (χ3n) is 2.96. The Kier molecular flexibility index (Phi) is 4.14. The molecular formula is C13H18BrNO3. The first-order valence-corrected chi connectivity index (χ1v) is 6.65. The van der Waals surface area contributed by atoms with E-state index in [1.165, 1.54) is 0 Å². The molecule has 1 N–H and O–H groups in total. The number of benzene rings is 1. The Bertz CT molecular complexity index is 434. The van der Waals surface area contributed by atoms with Gasteiger partial charge in [-0.25, -0.2) is 0 Å². The summed E-state index contributed by atoms with van der Waals surface area (Å²) in [5, 5.41) is 3.37. The minimum Gasteiger partial charge on any atom is -0.454 e. The van der Waals surface area contributed by atoms with Crippen LogP contribution in [0, 0.1) is 0 Å². The van der Waals surface area contributed by atoms with Crippen molar-refractivity contribution in [3.63, 3.8) is 0 Å². The molecular weight excluding hydrogens is 298 g/mol. The summed E-state index contributed by atoms with van der Waals surface area (Å²) in [7, 11) is 1.72. The summed E-state index contributed by atoms with van der Waals surface area (Å²) in [5.74, 6) is 1.60. The Hall–Kier alpha value is -0.780. The van der Waals surface area contributed by atoms with Gasteiger partial charge in [0, 0.05) is 24.7 Å². The van der Waals surface area contributed by atoms with Crippen LogP contribution in [0.1, 0.15) is 19.4 Å². The summed E-state index contributed by atoms with van der Waals surface area (Å²) in [6, 6.07) is 3.94. The standard InChI is InChI=1S/C13H18BrNO3/c1-13(2,16-3)7-15-6-9-4-11-12(5-10(9)14)18-8-17-11/h4-5,15H,6-8H2,1-3H3. The monoisotopic (exact) mass is 315 g/mol. The second-order valence-electron chi connectivity index (χ2n) is 4.86. The smallest absolute Gasteiger partial charge is 0.231 e. The Labute approximate surface area is 116 Å². The van der Waals surface area contributed by atoms with E-state index in [1.807, 2.05) is 12.1 Å². The van der Waals surface area contributed by atoms with Gasteiger partial charge in [-0.1, -0.05) is 15.9 Å². The first kappa shape index (κ1) is 13.6. The number of rotatable bonds is 5. The molecule has 5 heteroatoms. The quantitative estimate of drug-likeness (QED) is 0.907. The molecule has 1 aromatic rings. The molecule has 0 spiro atoms. The van der Waals surface area contributed by atoms with Crippen LogP contribution in [0.2, 0.25) is 0 Å². The van der Waals surface area contributed by atoms with Gasteiger partial charge in [-0.05, 0) is 31.5 Å². The SMILES string of the molecule is COC(C)(C)CNCc1cc2c(cc1Br)OCO2. The van der Waals surface area contributed by atoms with Crippen LogP contribution in [0.5, 0.6) is 11.5 Å². The lowest BCUT2D eigenvalue weighted by atomic mass is 10.1. The van der Waals surface area contributed by atoms with Crippen LogP contribution >= 0.6 is 15.9 Å². The molecule has 0 unspecified atom stereocenters. The summed E-state index contributed by atoms with van der Waals surface area (Å²) in [5.41, 5.74) is 0.981. The molecule has 1 aromatic carbocycles. The summed E-state index contributed by atoms with van der Waals surface area (Å²) < 4.78 is 17.1. The van der Waals surface area contributed by atoms with Gasteiger partial charge in [-0.3, -0.25) is 0 Å². The lowest BCUT2D eigenvalue weighted by molar-refractivity contribution is 0.0230. The molecule has 0 saturated carbocycles. The maximum atomic E-state index is 5.37. The van der Waals surface area contributed by atoms with Crippen molar-refractivity contribution in [2.75, 3.05) is 20.4 Å². The van der Waals surface area contributed by atoms with E-state index in [0.717, 1.165) is 34.6 Å². The average Bonchev–Trinajstić information content (AvgIpc) is 2.76. The van der Waals surface area contributed by atoms with Gasteiger partial charge in [-0.2, -0.15) is 0 Å². The lowest BCUT2D eigenvalue weighted by Gasteiger charge is -2.23. The van der Waals surface area contributed by atoms with E-state index < -0.39 is 0 Å². The Morgan fingerprint density at radius 2 is 2.00 bits per heavy atom. The molecule has 18 heavy (non-hydrogen) atoms. The number of ether oxygens (including phenoxy) is 3. The molecule has 0 aromatic heterocycles. The Morgan fingerprint density at radius 1 is 1.33 bits per heavy atom. The maximum Gasteiger partial charge on any atom is 0.231 e. The highest BCUT2D eigenvalue weighted by Gasteiger charge is 2.18. The molecule has 2 rings (SSSR count). The van der Waals surface area contributed by atoms with Crippen molar-refractivity contribution < 1.29 is 14.2 Å². The minimum atomic E-state index is -0.164. The second-order valence-corrected chi connectivity index (χ2v) is 5.72. The van der Waals surface area contributed by atoms with Gasteiger partial charge >= 0.3 is 0 Å². The molecule has 0 fully saturated rings. The molecule has 0 saturated heterocycles. The predicted molar refractivity (Wildman–Crippen MR) is 73.1 cm³/mol. The zero-order valence-corrected chi connectivity index (χ0v) is 12.5. The third-order valence-corrected chi connectivity index (χ3v) is 3.70. The van der Waals surface area contributed by atoms with Crippen molar-refractivity contribution >= 4 is 15.9 Å². The zero-order valence-electron chi connectivity index (χ0n) is 10.9. The number of methoxy groups -OCH3 is 1. The molecule has 0 atom stereocenters. The number of hydrogen-bond donors (Lipinski definition) is 1. The second kappa shape index (κ2) is 5.47. The van der Waals surface area contributed by atoms with Crippen LogP contribution in [-0.4, -0.2) is 26.0 Å². The number of nitrogens with one attached hydrogen (secondary N) is 1. The Morgan fingerprint density at radius 3 is 2.67 bits per heavy atom. The van der Waals surface area contributed by atoms with Crippen LogP contribution in [0.25, 0.3) is 0 Å². The fourth-order valence-electron chi connectivity index (χ4n) is 1.67. The van der Waals surface area contributed by atoms with E-state index in [1.54, 1.807) is 7.11 Å². The van der Waals surface area contributed by atoms with Gasteiger partial charge in [0.1, 0.15) is 0 Å². The van der Waals surface area contributed by atoms with Gasteiger partial charge in [0.25, 0.3) is 0 Å². The van der Waals surface area contributed by atoms with Crippen molar-refractivity contribution in [2.24, 2.45) is 0 Å². The maximum absolute atomic E-state index is 5.37. The molecule has 1 heterocycles. The van der Waals surface area contributed by atoms with Gasteiger partial charge in [0.2, 0.25) is 6.79 Å². The van der Waals surface area contributed by atoms with Gasteiger partial charge < -0.3 is 19.5 Å². The lowest BCUT2D eigenvalue weighted by Crippen LogP contribution is -2.36. The minimum absolute atomic E-state index is 0.164. The topological polar surface area (TPSA) is 39.7 Å². The van der Waals surface area contributed by atoms with Crippen LogP contribution < -0.4 is 14.8 Å². The average molecular weight is 316 g/mol. The first-order chi connectivity index (χ1) is 8.52. The number of fused-ring (bicyclic) bond motifs is 1. The third kappa shape index (κ3) is 3.16. The van der Waals surface area contributed by atoms with Crippen LogP contribution in [0.3, 0.4) is 0 Å². The summed E-state index contributed by atoms with van der Waals surface area (Å²) in [6.45, 7) is 5.94. The molecule has 0 bridgehead atoms. The largest absolute Gasteiger partial charge is 0.454 e.